The van der Waals surface area contributed by atoms with E-state index < -0.39 is 24.5 Å². The van der Waals surface area contributed by atoms with Crippen LogP contribution in [-0.2, 0) is 30.5 Å². The fourth-order valence-electron chi connectivity index (χ4n) is 3.58. The van der Waals surface area contributed by atoms with Gasteiger partial charge in [-0.2, -0.15) is 0 Å². The van der Waals surface area contributed by atoms with E-state index in [-0.39, 0.29) is 23.7 Å². The molecule has 1 saturated carbocycles. The first kappa shape index (κ1) is 18.6. The average molecular weight is 378 g/mol. The van der Waals surface area contributed by atoms with Gasteiger partial charge in [-0.1, -0.05) is 18.9 Å². The maximum atomic E-state index is 12.5. The Kier molecular flexibility index (Phi) is 5.70. The molecule has 1 N–H and O–H groups in total. The molecule has 0 spiro atoms. The lowest BCUT2D eigenvalue weighted by molar-refractivity contribution is -0.159. The summed E-state index contributed by atoms with van der Waals surface area (Å²) in [7, 11) is 0. The molecule has 1 saturated heterocycles. The summed E-state index contributed by atoms with van der Waals surface area (Å²) >= 11 is 1.52. The molecule has 8 heteroatoms. The van der Waals surface area contributed by atoms with Gasteiger partial charge < -0.3 is 10.1 Å². The average Bonchev–Trinajstić information content (AvgIpc) is 3.25. The standard InChI is InChI=1S/C18H22N2O5S/c1-11(20-16(22)13-6-2-3-7-14(13)17(20)23)18(24)25-10-15(21)19-9-12-5-4-8-26-12/h4-5,8,11,13-14H,2-3,6-7,9-10H2,1H3,(H,19,21). The van der Waals surface area contributed by atoms with Crippen LogP contribution in [0.2, 0.25) is 0 Å². The molecule has 3 rings (SSSR count). The fraction of sp³-hybridized carbons (Fsp3) is 0.556. The summed E-state index contributed by atoms with van der Waals surface area (Å²) in [4.78, 5) is 51.0. The van der Waals surface area contributed by atoms with Crippen LogP contribution in [0.3, 0.4) is 0 Å². The largest absolute Gasteiger partial charge is 0.454 e. The number of likely N-dealkylation sites (tertiary alicyclic amines) is 1. The van der Waals surface area contributed by atoms with E-state index in [0.29, 0.717) is 19.4 Å². The second kappa shape index (κ2) is 7.99. The highest BCUT2D eigenvalue weighted by molar-refractivity contribution is 7.09. The Labute approximate surface area is 155 Å². The van der Waals surface area contributed by atoms with Crippen LogP contribution in [0, 0.1) is 11.8 Å². The van der Waals surface area contributed by atoms with E-state index in [4.69, 9.17) is 4.74 Å². The van der Waals surface area contributed by atoms with E-state index in [9.17, 15) is 19.2 Å². The Bertz CT molecular complexity index is 678. The van der Waals surface area contributed by atoms with Crippen molar-refractivity contribution in [3.63, 3.8) is 0 Å². The topological polar surface area (TPSA) is 92.8 Å². The number of thiophene rings is 1. The summed E-state index contributed by atoms with van der Waals surface area (Å²) in [6, 6.07) is 2.77. The highest BCUT2D eigenvalue weighted by Gasteiger charge is 2.51. The molecular weight excluding hydrogens is 356 g/mol. The van der Waals surface area contributed by atoms with Gasteiger partial charge in [0.1, 0.15) is 6.04 Å². The molecule has 1 aromatic heterocycles. The predicted molar refractivity (Wildman–Crippen MR) is 93.9 cm³/mol. The molecule has 3 amide bonds. The van der Waals surface area contributed by atoms with Crippen molar-refractivity contribution in [3.8, 4) is 0 Å². The molecule has 1 aliphatic carbocycles. The van der Waals surface area contributed by atoms with Crippen molar-refractivity contribution in [1.82, 2.24) is 10.2 Å². The Morgan fingerprint density at radius 2 is 1.92 bits per heavy atom. The van der Waals surface area contributed by atoms with E-state index in [0.717, 1.165) is 22.6 Å². The zero-order chi connectivity index (χ0) is 18.7. The SMILES string of the molecule is CC(C(=O)OCC(=O)NCc1cccs1)N1C(=O)C2CCCCC2C1=O. The zero-order valence-corrected chi connectivity index (χ0v) is 15.4. The van der Waals surface area contributed by atoms with Gasteiger partial charge >= 0.3 is 5.97 Å². The van der Waals surface area contributed by atoms with Gasteiger partial charge in [-0.15, -0.1) is 11.3 Å². The van der Waals surface area contributed by atoms with Crippen molar-refractivity contribution < 1.29 is 23.9 Å². The smallest absolute Gasteiger partial charge is 0.329 e. The van der Waals surface area contributed by atoms with Crippen molar-refractivity contribution in [1.29, 1.82) is 0 Å². The van der Waals surface area contributed by atoms with Gasteiger partial charge in [0.05, 0.1) is 18.4 Å². The summed E-state index contributed by atoms with van der Waals surface area (Å²) in [6.45, 7) is 1.41. The third-order valence-corrected chi connectivity index (χ3v) is 5.87. The molecule has 26 heavy (non-hydrogen) atoms. The number of fused-ring (bicyclic) bond motifs is 1. The van der Waals surface area contributed by atoms with Crippen molar-refractivity contribution in [2.24, 2.45) is 11.8 Å². The predicted octanol–water partition coefficient (Wildman–Crippen LogP) is 1.47. The molecule has 2 aliphatic rings. The van der Waals surface area contributed by atoms with Gasteiger partial charge in [0.15, 0.2) is 6.61 Å². The van der Waals surface area contributed by atoms with E-state index in [2.05, 4.69) is 5.32 Å². The van der Waals surface area contributed by atoms with Crippen LogP contribution < -0.4 is 5.32 Å². The quantitative estimate of drug-likeness (QED) is 0.598. The van der Waals surface area contributed by atoms with E-state index >= 15 is 0 Å². The number of nitrogens with zero attached hydrogens (tertiary/aromatic N) is 1. The molecule has 0 bridgehead atoms. The molecule has 1 aliphatic heterocycles. The number of carbonyl (C=O) groups is 4. The van der Waals surface area contributed by atoms with Crippen LogP contribution in [-0.4, -0.2) is 41.2 Å². The normalized spacial score (nSPS) is 23.5. The van der Waals surface area contributed by atoms with Crippen LogP contribution in [0.1, 0.15) is 37.5 Å². The molecule has 140 valence electrons. The Morgan fingerprint density at radius 3 is 2.50 bits per heavy atom. The second-order valence-corrected chi connectivity index (χ2v) is 7.72. The van der Waals surface area contributed by atoms with Crippen LogP contribution in [0.4, 0.5) is 0 Å². The number of hydrogen-bond acceptors (Lipinski definition) is 6. The van der Waals surface area contributed by atoms with Crippen LogP contribution in [0.15, 0.2) is 17.5 Å². The van der Waals surface area contributed by atoms with E-state index in [1.54, 1.807) is 0 Å². The fourth-order valence-corrected chi connectivity index (χ4v) is 4.23. The molecular formula is C18H22N2O5S. The number of ether oxygens (including phenoxy) is 1. The second-order valence-electron chi connectivity index (χ2n) is 6.68. The van der Waals surface area contributed by atoms with Gasteiger partial charge in [0, 0.05) is 4.88 Å². The van der Waals surface area contributed by atoms with Crippen molar-refractivity contribution in [2.45, 2.75) is 45.2 Å². The maximum absolute atomic E-state index is 12.5. The lowest BCUT2D eigenvalue weighted by Crippen LogP contribution is -2.45. The number of imide groups is 1. The molecule has 1 aromatic rings. The first-order valence-corrected chi connectivity index (χ1v) is 9.69. The van der Waals surface area contributed by atoms with Crippen molar-refractivity contribution in [2.75, 3.05) is 6.61 Å². The Balaban J connectivity index is 1.50. The Morgan fingerprint density at radius 1 is 1.27 bits per heavy atom. The van der Waals surface area contributed by atoms with Crippen molar-refractivity contribution >= 4 is 35.0 Å². The minimum atomic E-state index is -1.01. The summed E-state index contributed by atoms with van der Waals surface area (Å²) in [5, 5.41) is 4.56. The summed E-state index contributed by atoms with van der Waals surface area (Å²) in [5.74, 6) is -2.35. The van der Waals surface area contributed by atoms with Crippen LogP contribution in [0.25, 0.3) is 0 Å². The number of amides is 3. The van der Waals surface area contributed by atoms with E-state index in [1.165, 1.54) is 18.3 Å². The first-order valence-electron chi connectivity index (χ1n) is 8.81. The van der Waals surface area contributed by atoms with Gasteiger partial charge in [0.25, 0.3) is 5.91 Å². The Hall–Kier alpha value is -2.22. The van der Waals surface area contributed by atoms with Gasteiger partial charge in [-0.25, -0.2) is 4.79 Å². The molecule has 7 nitrogen and oxygen atoms in total. The molecule has 3 atom stereocenters. The third kappa shape index (κ3) is 3.80. The van der Waals surface area contributed by atoms with Crippen molar-refractivity contribution in [3.05, 3.63) is 22.4 Å². The molecule has 3 unspecified atom stereocenters. The summed E-state index contributed by atoms with van der Waals surface area (Å²) < 4.78 is 5.00. The monoisotopic (exact) mass is 378 g/mol. The number of rotatable bonds is 6. The highest BCUT2D eigenvalue weighted by Crippen LogP contribution is 2.38. The minimum Gasteiger partial charge on any atom is -0.454 e. The number of esters is 1. The zero-order valence-electron chi connectivity index (χ0n) is 14.6. The lowest BCUT2D eigenvalue weighted by Gasteiger charge is -2.21. The van der Waals surface area contributed by atoms with Crippen LogP contribution in [0.5, 0.6) is 0 Å². The number of nitrogens with one attached hydrogen (secondary N) is 1. The van der Waals surface area contributed by atoms with Gasteiger partial charge in [-0.05, 0) is 31.2 Å². The minimum absolute atomic E-state index is 0.286. The van der Waals surface area contributed by atoms with Gasteiger partial charge in [-0.3, -0.25) is 19.3 Å². The molecule has 0 radical (unpaired) electrons. The molecule has 2 fully saturated rings. The first-order chi connectivity index (χ1) is 12.5. The van der Waals surface area contributed by atoms with Gasteiger partial charge in [0.2, 0.25) is 11.8 Å². The number of hydrogen-bond donors (Lipinski definition) is 1. The highest BCUT2D eigenvalue weighted by atomic mass is 32.1. The van der Waals surface area contributed by atoms with E-state index in [1.807, 2.05) is 17.5 Å². The molecule has 0 aromatic carbocycles. The number of carbonyl (C=O) groups excluding carboxylic acids is 4. The summed E-state index contributed by atoms with van der Waals surface area (Å²) in [5.41, 5.74) is 0. The molecule has 2 heterocycles. The lowest BCUT2D eigenvalue weighted by atomic mass is 9.81. The van der Waals surface area contributed by atoms with Crippen LogP contribution >= 0.6 is 11.3 Å². The maximum Gasteiger partial charge on any atom is 0.329 e. The summed E-state index contributed by atoms with van der Waals surface area (Å²) in [6.07, 6.45) is 3.24. The third-order valence-electron chi connectivity index (χ3n) is 4.99.